The second-order valence-electron chi connectivity index (χ2n) is 7.09. The van der Waals surface area contributed by atoms with Crippen LogP contribution < -0.4 is 19.5 Å². The first-order chi connectivity index (χ1) is 15.5. The molecule has 168 valence electrons. The van der Waals surface area contributed by atoms with Gasteiger partial charge in [0.05, 0.1) is 38.8 Å². The minimum absolute atomic E-state index is 0.0938. The van der Waals surface area contributed by atoms with E-state index in [2.05, 4.69) is 5.32 Å². The van der Waals surface area contributed by atoms with Crippen LogP contribution in [0.1, 0.15) is 17.5 Å². The molecule has 0 spiro atoms. The van der Waals surface area contributed by atoms with Gasteiger partial charge in [-0.05, 0) is 48.4 Å². The standard InChI is InChI=1S/C23H25N3O5S/c1-29-19-10-16(11-20(30-2)22(19)31-3)6-9-21(27)26-14-32-13-18(26)23(28)25-17-7-4-15(12-24)5-8-17/h4-5,7-8,10-11,18H,6,9,13-14H2,1-3H3,(H,25,28). The fraction of sp³-hybridized carbons (Fsp3) is 0.348. The third-order valence-electron chi connectivity index (χ3n) is 5.14. The summed E-state index contributed by atoms with van der Waals surface area (Å²) < 4.78 is 16.1. The lowest BCUT2D eigenvalue weighted by Gasteiger charge is -2.23. The molecule has 0 aliphatic carbocycles. The van der Waals surface area contributed by atoms with Crippen molar-refractivity contribution >= 4 is 29.3 Å². The first-order valence-electron chi connectivity index (χ1n) is 9.97. The summed E-state index contributed by atoms with van der Waals surface area (Å²) in [6.45, 7) is 0. The molecule has 1 N–H and O–H groups in total. The first kappa shape index (κ1) is 23.3. The van der Waals surface area contributed by atoms with E-state index in [4.69, 9.17) is 19.5 Å². The van der Waals surface area contributed by atoms with Crippen LogP contribution in [0.25, 0.3) is 0 Å². The van der Waals surface area contributed by atoms with E-state index in [9.17, 15) is 9.59 Å². The molecule has 0 bridgehead atoms. The number of rotatable bonds is 8. The molecule has 1 atom stereocenters. The number of nitrogens with zero attached hydrogens (tertiary/aromatic N) is 2. The van der Waals surface area contributed by atoms with Gasteiger partial charge in [0.1, 0.15) is 6.04 Å². The topological polar surface area (TPSA) is 101 Å². The van der Waals surface area contributed by atoms with Crippen LogP contribution in [-0.4, -0.2) is 55.7 Å². The average Bonchev–Trinajstić information content (AvgIpc) is 3.32. The van der Waals surface area contributed by atoms with Crippen molar-refractivity contribution in [2.24, 2.45) is 0 Å². The number of hydrogen-bond acceptors (Lipinski definition) is 7. The predicted molar refractivity (Wildman–Crippen MR) is 122 cm³/mol. The Labute approximate surface area is 191 Å². The van der Waals surface area contributed by atoms with Gasteiger partial charge in [0, 0.05) is 17.9 Å². The molecule has 2 aromatic carbocycles. The molecule has 2 aromatic rings. The van der Waals surface area contributed by atoms with Crippen molar-refractivity contribution in [1.29, 1.82) is 5.26 Å². The second kappa shape index (κ2) is 10.8. The fourth-order valence-electron chi connectivity index (χ4n) is 3.43. The molecule has 1 unspecified atom stereocenters. The van der Waals surface area contributed by atoms with Crippen molar-refractivity contribution in [3.63, 3.8) is 0 Å². The number of methoxy groups -OCH3 is 3. The summed E-state index contributed by atoms with van der Waals surface area (Å²) in [5.74, 6) is 2.25. The molecular formula is C23H25N3O5S. The highest BCUT2D eigenvalue weighted by Gasteiger charge is 2.34. The van der Waals surface area contributed by atoms with Crippen LogP contribution in [0.4, 0.5) is 5.69 Å². The van der Waals surface area contributed by atoms with Crippen LogP contribution in [0.2, 0.25) is 0 Å². The second-order valence-corrected chi connectivity index (χ2v) is 8.09. The van der Waals surface area contributed by atoms with Gasteiger partial charge in [-0.15, -0.1) is 11.8 Å². The van der Waals surface area contributed by atoms with E-state index in [1.54, 1.807) is 55.1 Å². The quantitative estimate of drug-likeness (QED) is 0.653. The van der Waals surface area contributed by atoms with Crippen LogP contribution in [0.3, 0.4) is 0 Å². The van der Waals surface area contributed by atoms with Gasteiger partial charge < -0.3 is 24.4 Å². The lowest BCUT2D eigenvalue weighted by atomic mass is 10.1. The third kappa shape index (κ3) is 5.26. The number of nitriles is 1. The molecule has 8 nitrogen and oxygen atoms in total. The SMILES string of the molecule is COc1cc(CCC(=O)N2CSCC2C(=O)Nc2ccc(C#N)cc2)cc(OC)c1OC. The molecule has 0 aromatic heterocycles. The summed E-state index contributed by atoms with van der Waals surface area (Å²) in [5.41, 5.74) is 1.98. The molecule has 0 saturated carbocycles. The number of amides is 2. The number of anilines is 1. The van der Waals surface area contributed by atoms with Gasteiger partial charge in [0.15, 0.2) is 11.5 Å². The maximum Gasteiger partial charge on any atom is 0.248 e. The molecule has 32 heavy (non-hydrogen) atoms. The summed E-state index contributed by atoms with van der Waals surface area (Å²) in [4.78, 5) is 27.3. The largest absolute Gasteiger partial charge is 0.493 e. The molecule has 0 radical (unpaired) electrons. The Balaban J connectivity index is 1.64. The Morgan fingerprint density at radius 3 is 2.34 bits per heavy atom. The minimum atomic E-state index is -0.539. The smallest absolute Gasteiger partial charge is 0.248 e. The monoisotopic (exact) mass is 455 g/mol. The number of nitrogens with one attached hydrogen (secondary N) is 1. The summed E-state index contributed by atoms with van der Waals surface area (Å²) in [6.07, 6.45) is 0.723. The van der Waals surface area contributed by atoms with Gasteiger partial charge in [-0.25, -0.2) is 0 Å². The third-order valence-corrected chi connectivity index (χ3v) is 6.15. The lowest BCUT2D eigenvalue weighted by Crippen LogP contribution is -2.44. The van der Waals surface area contributed by atoms with Gasteiger partial charge >= 0.3 is 0 Å². The van der Waals surface area contributed by atoms with E-state index in [-0.39, 0.29) is 18.2 Å². The normalized spacial score (nSPS) is 15.1. The van der Waals surface area contributed by atoms with Crippen molar-refractivity contribution in [1.82, 2.24) is 4.90 Å². The maximum atomic E-state index is 12.9. The van der Waals surface area contributed by atoms with Crippen LogP contribution in [-0.2, 0) is 16.0 Å². The molecule has 1 heterocycles. The molecule has 1 saturated heterocycles. The number of thioether (sulfide) groups is 1. The maximum absolute atomic E-state index is 12.9. The van der Waals surface area contributed by atoms with Crippen molar-refractivity contribution in [2.75, 3.05) is 38.3 Å². The molecule has 1 aliphatic heterocycles. The molecule has 9 heteroatoms. The predicted octanol–water partition coefficient (Wildman–Crippen LogP) is 3.06. The number of carbonyl (C=O) groups is 2. The van der Waals surface area contributed by atoms with E-state index in [1.807, 2.05) is 18.2 Å². The fourth-order valence-corrected chi connectivity index (χ4v) is 4.61. The van der Waals surface area contributed by atoms with Gasteiger partial charge in [0.25, 0.3) is 0 Å². The van der Waals surface area contributed by atoms with Gasteiger partial charge in [-0.2, -0.15) is 5.26 Å². The zero-order chi connectivity index (χ0) is 23.1. The zero-order valence-corrected chi connectivity index (χ0v) is 19.0. The van der Waals surface area contributed by atoms with Gasteiger partial charge in [-0.3, -0.25) is 9.59 Å². The van der Waals surface area contributed by atoms with Crippen LogP contribution in [0, 0.1) is 11.3 Å². The van der Waals surface area contributed by atoms with Crippen LogP contribution in [0.15, 0.2) is 36.4 Å². The van der Waals surface area contributed by atoms with E-state index in [0.717, 1.165) is 5.56 Å². The van der Waals surface area contributed by atoms with E-state index in [1.165, 1.54) is 7.11 Å². The highest BCUT2D eigenvalue weighted by atomic mass is 32.2. The summed E-state index contributed by atoms with van der Waals surface area (Å²) >= 11 is 1.55. The molecule has 1 fully saturated rings. The Bertz CT molecular complexity index is 994. The number of carbonyl (C=O) groups excluding carboxylic acids is 2. The van der Waals surface area contributed by atoms with Crippen molar-refractivity contribution in [3.8, 4) is 23.3 Å². The minimum Gasteiger partial charge on any atom is -0.493 e. The molecular weight excluding hydrogens is 430 g/mol. The van der Waals surface area contributed by atoms with E-state index < -0.39 is 6.04 Å². The van der Waals surface area contributed by atoms with Crippen LogP contribution >= 0.6 is 11.8 Å². The zero-order valence-electron chi connectivity index (χ0n) is 18.2. The van der Waals surface area contributed by atoms with Crippen molar-refractivity contribution in [3.05, 3.63) is 47.5 Å². The Hall–Kier alpha value is -3.38. The Kier molecular flexibility index (Phi) is 7.84. The van der Waals surface area contributed by atoms with E-state index in [0.29, 0.717) is 46.5 Å². The Morgan fingerprint density at radius 2 is 1.78 bits per heavy atom. The molecule has 3 rings (SSSR count). The highest BCUT2D eigenvalue weighted by molar-refractivity contribution is 7.99. The number of ether oxygens (including phenoxy) is 3. The van der Waals surface area contributed by atoms with Gasteiger partial charge in [0.2, 0.25) is 17.6 Å². The molecule has 2 amide bonds. The van der Waals surface area contributed by atoms with E-state index >= 15 is 0 Å². The van der Waals surface area contributed by atoms with Gasteiger partial charge in [-0.1, -0.05) is 0 Å². The summed E-state index contributed by atoms with van der Waals surface area (Å²) in [5, 5.41) is 11.7. The molecule has 1 aliphatic rings. The van der Waals surface area contributed by atoms with Crippen molar-refractivity contribution < 1.29 is 23.8 Å². The van der Waals surface area contributed by atoms with Crippen molar-refractivity contribution in [2.45, 2.75) is 18.9 Å². The highest BCUT2D eigenvalue weighted by Crippen LogP contribution is 2.38. The lowest BCUT2D eigenvalue weighted by molar-refractivity contribution is -0.136. The van der Waals surface area contributed by atoms with Crippen LogP contribution in [0.5, 0.6) is 17.2 Å². The number of benzene rings is 2. The Morgan fingerprint density at radius 1 is 1.12 bits per heavy atom. The number of hydrogen-bond donors (Lipinski definition) is 1. The summed E-state index contributed by atoms with van der Waals surface area (Å²) in [6, 6.07) is 11.8. The first-order valence-corrected chi connectivity index (χ1v) is 11.1. The number of aryl methyl sites for hydroxylation is 1. The summed E-state index contributed by atoms with van der Waals surface area (Å²) in [7, 11) is 4.63. The average molecular weight is 456 g/mol.